The highest BCUT2D eigenvalue weighted by Gasteiger charge is 2.23. The number of carbonyl (C=O) groups is 1. The molecule has 3 heteroatoms. The van der Waals surface area contributed by atoms with E-state index < -0.39 is 0 Å². The van der Waals surface area contributed by atoms with Gasteiger partial charge in [0.05, 0.1) is 12.6 Å². The predicted molar refractivity (Wildman–Crippen MR) is 46.7 cm³/mol. The van der Waals surface area contributed by atoms with E-state index in [0.717, 1.165) is 25.8 Å². The summed E-state index contributed by atoms with van der Waals surface area (Å²) in [6.07, 6.45) is 3.61. The van der Waals surface area contributed by atoms with E-state index in [4.69, 9.17) is 5.11 Å². The third-order valence-electron chi connectivity index (χ3n) is 2.48. The second-order valence-electron chi connectivity index (χ2n) is 3.29. The van der Waals surface area contributed by atoms with Crippen LogP contribution in [-0.4, -0.2) is 35.1 Å². The van der Waals surface area contributed by atoms with Crippen LogP contribution in [0.15, 0.2) is 0 Å². The number of nitrogens with zero attached hydrogens (tertiary/aromatic N) is 1. The first-order valence-electron chi connectivity index (χ1n) is 4.70. The van der Waals surface area contributed by atoms with Crippen molar-refractivity contribution >= 4 is 5.91 Å². The van der Waals surface area contributed by atoms with Gasteiger partial charge in [-0.1, -0.05) is 6.92 Å². The number of amides is 1. The summed E-state index contributed by atoms with van der Waals surface area (Å²) in [5.74, 6) is 0.210. The van der Waals surface area contributed by atoms with Crippen LogP contribution in [0.2, 0.25) is 0 Å². The van der Waals surface area contributed by atoms with E-state index in [0.29, 0.717) is 6.42 Å². The number of rotatable bonds is 3. The summed E-state index contributed by atoms with van der Waals surface area (Å²) in [5, 5.41) is 9.00. The molecule has 0 aliphatic carbocycles. The number of carbonyl (C=O) groups excluding carboxylic acids is 1. The lowest BCUT2D eigenvalue weighted by Gasteiger charge is -2.33. The molecule has 3 nitrogen and oxygen atoms in total. The van der Waals surface area contributed by atoms with Crippen molar-refractivity contribution in [1.29, 1.82) is 0 Å². The minimum Gasteiger partial charge on any atom is -0.394 e. The Morgan fingerprint density at radius 1 is 1.58 bits per heavy atom. The van der Waals surface area contributed by atoms with Gasteiger partial charge in [-0.15, -0.1) is 0 Å². The Kier molecular flexibility index (Phi) is 3.53. The van der Waals surface area contributed by atoms with Gasteiger partial charge in [-0.05, 0) is 19.3 Å². The highest BCUT2D eigenvalue weighted by atomic mass is 16.3. The maximum Gasteiger partial charge on any atom is 0.222 e. The Hall–Kier alpha value is -0.570. The van der Waals surface area contributed by atoms with Gasteiger partial charge in [0.15, 0.2) is 0 Å². The van der Waals surface area contributed by atoms with Crippen molar-refractivity contribution in [3.05, 3.63) is 0 Å². The standard InChI is InChI=1S/C9H17NO2/c1-2-8(7-11)10-6-4-3-5-9(10)12/h8,11H,2-7H2,1H3/t8-/m1/s1. The zero-order valence-corrected chi connectivity index (χ0v) is 7.62. The first-order chi connectivity index (χ1) is 5.79. The normalized spacial score (nSPS) is 21.2. The Bertz CT molecular complexity index is 155. The van der Waals surface area contributed by atoms with Crippen LogP contribution in [0, 0.1) is 0 Å². The average molecular weight is 171 g/mol. The number of aliphatic hydroxyl groups excluding tert-OH is 1. The molecule has 70 valence electrons. The smallest absolute Gasteiger partial charge is 0.222 e. The molecule has 0 saturated carbocycles. The molecule has 1 fully saturated rings. The zero-order chi connectivity index (χ0) is 8.97. The number of piperidine rings is 1. The zero-order valence-electron chi connectivity index (χ0n) is 7.62. The summed E-state index contributed by atoms with van der Waals surface area (Å²) in [7, 11) is 0. The SMILES string of the molecule is CC[C@H](CO)N1CCCCC1=O. The molecule has 12 heavy (non-hydrogen) atoms. The monoisotopic (exact) mass is 171 g/mol. The molecule has 1 aliphatic rings. The fourth-order valence-electron chi connectivity index (χ4n) is 1.66. The Morgan fingerprint density at radius 3 is 2.83 bits per heavy atom. The van der Waals surface area contributed by atoms with Crippen molar-refractivity contribution in [3.8, 4) is 0 Å². The minimum atomic E-state index is 0.0535. The van der Waals surface area contributed by atoms with E-state index in [1.54, 1.807) is 0 Å². The van der Waals surface area contributed by atoms with Gasteiger partial charge in [0.1, 0.15) is 0 Å². The predicted octanol–water partition coefficient (Wildman–Crippen LogP) is 0.770. The minimum absolute atomic E-state index is 0.0535. The van der Waals surface area contributed by atoms with Crippen molar-refractivity contribution in [2.75, 3.05) is 13.2 Å². The summed E-state index contributed by atoms with van der Waals surface area (Å²) in [6.45, 7) is 2.93. The van der Waals surface area contributed by atoms with Gasteiger partial charge in [0.25, 0.3) is 0 Å². The van der Waals surface area contributed by atoms with Crippen LogP contribution in [0.25, 0.3) is 0 Å². The second kappa shape index (κ2) is 4.45. The Labute approximate surface area is 73.4 Å². The summed E-state index contributed by atoms with van der Waals surface area (Å²) in [5.41, 5.74) is 0. The van der Waals surface area contributed by atoms with Crippen LogP contribution < -0.4 is 0 Å². The average Bonchev–Trinajstić information content (AvgIpc) is 2.10. The second-order valence-corrected chi connectivity index (χ2v) is 3.29. The summed E-state index contributed by atoms with van der Waals surface area (Å²) >= 11 is 0. The molecular formula is C9H17NO2. The molecule has 1 saturated heterocycles. The van der Waals surface area contributed by atoms with Crippen molar-refractivity contribution in [2.45, 2.75) is 38.6 Å². The van der Waals surface area contributed by atoms with E-state index in [1.807, 2.05) is 11.8 Å². The molecular weight excluding hydrogens is 154 g/mol. The van der Waals surface area contributed by atoms with E-state index in [-0.39, 0.29) is 18.6 Å². The molecule has 1 aliphatic heterocycles. The maximum atomic E-state index is 11.4. The quantitative estimate of drug-likeness (QED) is 0.681. The van der Waals surface area contributed by atoms with Gasteiger partial charge >= 0.3 is 0 Å². The van der Waals surface area contributed by atoms with Crippen LogP contribution in [0.5, 0.6) is 0 Å². The van der Waals surface area contributed by atoms with Crippen molar-refractivity contribution in [2.24, 2.45) is 0 Å². The molecule has 0 radical (unpaired) electrons. The van der Waals surface area contributed by atoms with Gasteiger partial charge in [-0.2, -0.15) is 0 Å². The number of hydrogen-bond acceptors (Lipinski definition) is 2. The van der Waals surface area contributed by atoms with Crippen LogP contribution in [0.1, 0.15) is 32.6 Å². The van der Waals surface area contributed by atoms with Crippen LogP contribution in [0.3, 0.4) is 0 Å². The lowest BCUT2D eigenvalue weighted by Crippen LogP contribution is -2.44. The van der Waals surface area contributed by atoms with Crippen LogP contribution in [-0.2, 0) is 4.79 Å². The van der Waals surface area contributed by atoms with E-state index in [2.05, 4.69) is 0 Å². The summed E-state index contributed by atoms with van der Waals surface area (Å²) in [6, 6.07) is 0.0535. The van der Waals surface area contributed by atoms with Crippen LogP contribution >= 0.6 is 0 Å². The van der Waals surface area contributed by atoms with Gasteiger partial charge in [-0.3, -0.25) is 4.79 Å². The fraction of sp³-hybridized carbons (Fsp3) is 0.889. The Morgan fingerprint density at radius 2 is 2.33 bits per heavy atom. The molecule has 0 unspecified atom stereocenters. The lowest BCUT2D eigenvalue weighted by molar-refractivity contribution is -0.136. The van der Waals surface area contributed by atoms with Gasteiger partial charge in [-0.25, -0.2) is 0 Å². The van der Waals surface area contributed by atoms with Crippen molar-refractivity contribution < 1.29 is 9.90 Å². The van der Waals surface area contributed by atoms with Gasteiger partial charge in [0.2, 0.25) is 5.91 Å². The van der Waals surface area contributed by atoms with E-state index >= 15 is 0 Å². The van der Waals surface area contributed by atoms with Crippen LogP contribution in [0.4, 0.5) is 0 Å². The first kappa shape index (κ1) is 9.52. The third kappa shape index (κ3) is 1.97. The molecule has 1 heterocycles. The number of hydrogen-bond donors (Lipinski definition) is 1. The van der Waals surface area contributed by atoms with E-state index in [1.165, 1.54) is 0 Å². The highest BCUT2D eigenvalue weighted by molar-refractivity contribution is 5.77. The molecule has 0 bridgehead atoms. The molecule has 0 aromatic heterocycles. The largest absolute Gasteiger partial charge is 0.394 e. The van der Waals surface area contributed by atoms with Crippen molar-refractivity contribution in [3.63, 3.8) is 0 Å². The summed E-state index contributed by atoms with van der Waals surface area (Å²) < 4.78 is 0. The van der Waals surface area contributed by atoms with E-state index in [9.17, 15) is 4.79 Å². The number of likely N-dealkylation sites (tertiary alicyclic amines) is 1. The Balaban J connectivity index is 2.51. The molecule has 0 aromatic rings. The highest BCUT2D eigenvalue weighted by Crippen LogP contribution is 2.14. The summed E-state index contributed by atoms with van der Waals surface area (Å²) in [4.78, 5) is 13.2. The lowest BCUT2D eigenvalue weighted by atomic mass is 10.1. The molecule has 1 N–H and O–H groups in total. The molecule has 1 amide bonds. The first-order valence-corrected chi connectivity index (χ1v) is 4.70. The fourth-order valence-corrected chi connectivity index (χ4v) is 1.66. The maximum absolute atomic E-state index is 11.4. The van der Waals surface area contributed by atoms with Gasteiger partial charge < -0.3 is 10.0 Å². The molecule has 0 aromatic carbocycles. The third-order valence-corrected chi connectivity index (χ3v) is 2.48. The molecule has 0 spiro atoms. The molecule has 1 rings (SSSR count). The number of aliphatic hydroxyl groups is 1. The topological polar surface area (TPSA) is 40.5 Å². The van der Waals surface area contributed by atoms with Gasteiger partial charge in [0, 0.05) is 13.0 Å². The molecule has 1 atom stereocenters. The van der Waals surface area contributed by atoms with Crippen molar-refractivity contribution in [1.82, 2.24) is 4.90 Å².